The second kappa shape index (κ2) is 4.40. The Morgan fingerprint density at radius 1 is 1.31 bits per heavy atom. The molecule has 0 spiro atoms. The second-order valence-corrected chi connectivity index (χ2v) is 3.75. The molecule has 3 N–H and O–H groups in total. The van der Waals surface area contributed by atoms with Gasteiger partial charge in [-0.2, -0.15) is 0 Å². The van der Waals surface area contributed by atoms with Crippen LogP contribution in [0.5, 0.6) is 0 Å². The Hall–Kier alpha value is -1.75. The molecule has 0 atom stereocenters. The van der Waals surface area contributed by atoms with E-state index < -0.39 is 0 Å². The lowest BCUT2D eigenvalue weighted by atomic mass is 10.2. The van der Waals surface area contributed by atoms with Gasteiger partial charge in [0.15, 0.2) is 0 Å². The fraction of sp³-hybridized carbons (Fsp3) is 0.364. The second-order valence-electron chi connectivity index (χ2n) is 3.75. The van der Waals surface area contributed by atoms with E-state index in [4.69, 9.17) is 5.84 Å². The minimum Gasteiger partial charge on any atom is -0.371 e. The van der Waals surface area contributed by atoms with Crippen molar-refractivity contribution in [1.82, 2.24) is 5.43 Å². The lowest BCUT2D eigenvalue weighted by Crippen LogP contribution is -2.50. The predicted molar refractivity (Wildman–Crippen MR) is 67.7 cm³/mol. The van der Waals surface area contributed by atoms with Crippen LogP contribution in [0.2, 0.25) is 0 Å². The highest BCUT2D eigenvalue weighted by Crippen LogP contribution is 2.31. The summed E-state index contributed by atoms with van der Waals surface area (Å²) in [5.74, 6) is 6.16. The number of likely N-dealkylation sites (N-methyl/N-ethyl adjacent to an activating group) is 1. The summed E-state index contributed by atoms with van der Waals surface area (Å²) in [7, 11) is 3.82. The topological polar surface area (TPSA) is 56.9 Å². The number of nitrogens with zero attached hydrogens (tertiary/aromatic N) is 3. The molecule has 0 aliphatic carbocycles. The molecule has 1 aliphatic heterocycles. The van der Waals surface area contributed by atoms with Crippen molar-refractivity contribution >= 4 is 17.3 Å². The Morgan fingerprint density at radius 2 is 2.00 bits per heavy atom. The van der Waals surface area contributed by atoms with Crippen molar-refractivity contribution in [2.45, 2.75) is 0 Å². The summed E-state index contributed by atoms with van der Waals surface area (Å²) in [4.78, 5) is 8.47. The van der Waals surface area contributed by atoms with Crippen LogP contribution in [-0.4, -0.2) is 33.1 Å². The highest BCUT2D eigenvalue weighted by atomic mass is 15.4. The molecule has 0 fully saturated rings. The largest absolute Gasteiger partial charge is 0.371 e. The van der Waals surface area contributed by atoms with Crippen LogP contribution in [0.15, 0.2) is 29.3 Å². The molecule has 5 nitrogen and oxygen atoms in total. The fourth-order valence-electron chi connectivity index (χ4n) is 1.99. The van der Waals surface area contributed by atoms with Gasteiger partial charge in [-0.05, 0) is 12.1 Å². The molecule has 0 unspecified atom stereocenters. The third-order valence-corrected chi connectivity index (χ3v) is 2.84. The number of para-hydroxylation sites is 2. The molecule has 0 saturated heterocycles. The van der Waals surface area contributed by atoms with Gasteiger partial charge in [-0.3, -0.25) is 10.4 Å². The molecular weight excluding hydrogens is 202 g/mol. The maximum Gasteiger partial charge on any atom is 0.212 e. The third kappa shape index (κ3) is 1.69. The van der Waals surface area contributed by atoms with E-state index >= 15 is 0 Å². The third-order valence-electron chi connectivity index (χ3n) is 2.84. The monoisotopic (exact) mass is 219 g/mol. The molecule has 0 aromatic heterocycles. The summed E-state index contributed by atoms with van der Waals surface area (Å²) in [5, 5.41) is 0. The molecule has 2 rings (SSSR count). The Morgan fingerprint density at radius 3 is 2.62 bits per heavy atom. The van der Waals surface area contributed by atoms with E-state index in [1.54, 1.807) is 7.05 Å². The van der Waals surface area contributed by atoms with E-state index in [0.29, 0.717) is 5.96 Å². The maximum absolute atomic E-state index is 5.47. The first kappa shape index (κ1) is 10.8. The summed E-state index contributed by atoms with van der Waals surface area (Å²) in [6, 6.07) is 8.24. The van der Waals surface area contributed by atoms with Crippen LogP contribution in [0.3, 0.4) is 0 Å². The number of rotatable bonds is 0. The summed E-state index contributed by atoms with van der Waals surface area (Å²) >= 11 is 0. The van der Waals surface area contributed by atoms with Crippen molar-refractivity contribution < 1.29 is 0 Å². The number of hydrogen-bond acceptors (Lipinski definition) is 3. The number of hydrogen-bond donors (Lipinski definition) is 2. The Kier molecular flexibility index (Phi) is 2.96. The molecule has 0 saturated carbocycles. The molecule has 0 radical (unpaired) electrons. The number of anilines is 2. The normalized spacial score (nSPS) is 16.1. The average molecular weight is 219 g/mol. The molecule has 1 aromatic rings. The molecule has 0 amide bonds. The zero-order chi connectivity index (χ0) is 11.5. The van der Waals surface area contributed by atoms with Crippen molar-refractivity contribution in [2.24, 2.45) is 10.8 Å². The van der Waals surface area contributed by atoms with Crippen LogP contribution >= 0.6 is 0 Å². The summed E-state index contributed by atoms with van der Waals surface area (Å²) < 4.78 is 0. The molecule has 1 heterocycles. The zero-order valence-corrected chi connectivity index (χ0v) is 9.64. The van der Waals surface area contributed by atoms with Crippen molar-refractivity contribution in [3.63, 3.8) is 0 Å². The van der Waals surface area contributed by atoms with Gasteiger partial charge in [-0.1, -0.05) is 12.1 Å². The molecule has 5 heteroatoms. The van der Waals surface area contributed by atoms with E-state index in [1.807, 2.05) is 12.1 Å². The Labute approximate surface area is 95.5 Å². The number of hydrazine groups is 1. The minimum absolute atomic E-state index is 0.695. The predicted octanol–water partition coefficient (Wildman–Crippen LogP) is 0.392. The van der Waals surface area contributed by atoms with Gasteiger partial charge in [0.05, 0.1) is 11.4 Å². The average Bonchev–Trinajstić information content (AvgIpc) is 2.34. The van der Waals surface area contributed by atoms with Crippen LogP contribution in [0, 0.1) is 0 Å². The van der Waals surface area contributed by atoms with Crippen LogP contribution < -0.4 is 21.1 Å². The first-order chi connectivity index (χ1) is 7.77. The lowest BCUT2D eigenvalue weighted by Gasteiger charge is -2.36. The number of nitrogens with one attached hydrogen (secondary N) is 1. The van der Waals surface area contributed by atoms with Gasteiger partial charge in [0, 0.05) is 27.2 Å². The van der Waals surface area contributed by atoms with Gasteiger partial charge in [0.1, 0.15) is 0 Å². The highest BCUT2D eigenvalue weighted by molar-refractivity contribution is 5.99. The summed E-state index contributed by atoms with van der Waals surface area (Å²) in [6.07, 6.45) is 0. The van der Waals surface area contributed by atoms with Gasteiger partial charge in [-0.25, -0.2) is 5.84 Å². The molecule has 1 aliphatic rings. The van der Waals surface area contributed by atoms with Gasteiger partial charge in [0.25, 0.3) is 0 Å². The van der Waals surface area contributed by atoms with E-state index in [0.717, 1.165) is 18.8 Å². The maximum atomic E-state index is 5.47. The standard InChI is InChI=1S/C11H17N5/c1-13-11(14-12)16-8-7-15(2)9-5-3-4-6-10(9)16/h3-6H,7-8,12H2,1-2H3,(H,13,14). The number of fused-ring (bicyclic) bond motifs is 1. The summed E-state index contributed by atoms with van der Waals surface area (Å²) in [6.45, 7) is 1.84. The quantitative estimate of drug-likeness (QED) is 0.287. The van der Waals surface area contributed by atoms with Crippen molar-refractivity contribution in [3.8, 4) is 0 Å². The van der Waals surface area contributed by atoms with Crippen molar-refractivity contribution in [1.29, 1.82) is 0 Å². The number of nitrogens with two attached hydrogens (primary N) is 1. The SMILES string of the molecule is CN=C(NN)N1CCN(C)c2ccccc21. The number of aliphatic imine (C=N–C) groups is 1. The van der Waals surface area contributed by atoms with Gasteiger partial charge < -0.3 is 9.80 Å². The van der Waals surface area contributed by atoms with Gasteiger partial charge in [0.2, 0.25) is 5.96 Å². The number of benzene rings is 1. The van der Waals surface area contributed by atoms with Crippen LogP contribution in [0.4, 0.5) is 11.4 Å². The Balaban J connectivity index is 2.42. The highest BCUT2D eigenvalue weighted by Gasteiger charge is 2.22. The van der Waals surface area contributed by atoms with Gasteiger partial charge >= 0.3 is 0 Å². The smallest absolute Gasteiger partial charge is 0.212 e. The molecule has 0 bridgehead atoms. The van der Waals surface area contributed by atoms with Crippen molar-refractivity contribution in [2.75, 3.05) is 37.0 Å². The van der Waals surface area contributed by atoms with Crippen LogP contribution in [0.1, 0.15) is 0 Å². The summed E-state index contributed by atoms with van der Waals surface area (Å²) in [5.41, 5.74) is 4.97. The molecule has 86 valence electrons. The van der Waals surface area contributed by atoms with E-state index in [-0.39, 0.29) is 0 Å². The fourth-order valence-corrected chi connectivity index (χ4v) is 1.99. The molecule has 16 heavy (non-hydrogen) atoms. The van der Waals surface area contributed by atoms with E-state index in [1.165, 1.54) is 5.69 Å². The minimum atomic E-state index is 0.695. The lowest BCUT2D eigenvalue weighted by molar-refractivity contribution is 0.811. The zero-order valence-electron chi connectivity index (χ0n) is 9.64. The number of guanidine groups is 1. The molecule has 1 aromatic carbocycles. The van der Waals surface area contributed by atoms with Crippen molar-refractivity contribution in [3.05, 3.63) is 24.3 Å². The van der Waals surface area contributed by atoms with Crippen LogP contribution in [0.25, 0.3) is 0 Å². The first-order valence-corrected chi connectivity index (χ1v) is 5.29. The van der Waals surface area contributed by atoms with E-state index in [9.17, 15) is 0 Å². The molecular formula is C11H17N5. The Bertz CT molecular complexity index is 401. The first-order valence-electron chi connectivity index (χ1n) is 5.29. The van der Waals surface area contributed by atoms with E-state index in [2.05, 4.69) is 39.4 Å². The van der Waals surface area contributed by atoms with Gasteiger partial charge in [-0.15, -0.1) is 0 Å². The van der Waals surface area contributed by atoms with Crippen LogP contribution in [-0.2, 0) is 0 Å².